The number of hydrogen-bond acceptors (Lipinski definition) is 4. The molecular formula is C18H13N5O2. The Morgan fingerprint density at radius 2 is 1.88 bits per heavy atom. The van der Waals surface area contributed by atoms with Gasteiger partial charge in [0.2, 0.25) is 0 Å². The molecule has 0 aliphatic rings. The van der Waals surface area contributed by atoms with Crippen LogP contribution in [0.25, 0.3) is 28.1 Å². The molecule has 4 aromatic rings. The number of aromatic amines is 1. The van der Waals surface area contributed by atoms with Crippen LogP contribution in [0.1, 0.15) is 10.5 Å². The molecule has 122 valence electrons. The fraction of sp³-hybridized carbons (Fsp3) is 0. The first kappa shape index (κ1) is 14.8. The van der Waals surface area contributed by atoms with Gasteiger partial charge in [-0.15, -0.1) is 5.10 Å². The normalized spacial score (nSPS) is 10.7. The molecule has 0 atom stereocenters. The van der Waals surface area contributed by atoms with Crippen LogP contribution in [0.3, 0.4) is 0 Å². The molecule has 25 heavy (non-hydrogen) atoms. The van der Waals surface area contributed by atoms with Crippen molar-refractivity contribution in [2.24, 2.45) is 0 Å². The molecule has 4 rings (SSSR count). The Morgan fingerprint density at radius 1 is 1.04 bits per heavy atom. The molecular weight excluding hydrogens is 318 g/mol. The van der Waals surface area contributed by atoms with Crippen molar-refractivity contribution in [3.05, 3.63) is 72.7 Å². The first-order chi connectivity index (χ1) is 12.2. The van der Waals surface area contributed by atoms with Crippen molar-refractivity contribution in [2.45, 2.75) is 0 Å². The van der Waals surface area contributed by atoms with E-state index in [-0.39, 0.29) is 5.69 Å². The van der Waals surface area contributed by atoms with E-state index in [1.807, 2.05) is 54.6 Å². The summed E-state index contributed by atoms with van der Waals surface area (Å²) in [6.45, 7) is 0. The van der Waals surface area contributed by atoms with E-state index in [0.717, 1.165) is 22.4 Å². The van der Waals surface area contributed by atoms with E-state index in [2.05, 4.69) is 20.5 Å². The molecule has 2 aromatic heterocycles. The van der Waals surface area contributed by atoms with E-state index in [1.165, 1.54) is 10.9 Å². The standard InChI is InChI=1S/C18H13N5O2/c24-18(25)17-11-20-22-23(17)13-6-7-14(12-4-2-1-3-5-12)15(10-13)16-8-9-19-21-16/h1-11H,(H,19,21)(H,24,25). The van der Waals surface area contributed by atoms with Gasteiger partial charge >= 0.3 is 5.97 Å². The lowest BCUT2D eigenvalue weighted by molar-refractivity contribution is 0.0687. The molecule has 2 N–H and O–H groups in total. The summed E-state index contributed by atoms with van der Waals surface area (Å²) in [7, 11) is 0. The summed E-state index contributed by atoms with van der Waals surface area (Å²) in [6.07, 6.45) is 2.90. The average molecular weight is 331 g/mol. The SMILES string of the molecule is O=C(O)c1cnnn1-c1ccc(-c2ccccc2)c(-c2ccn[nH]2)c1. The van der Waals surface area contributed by atoms with Gasteiger partial charge in [0.1, 0.15) is 0 Å². The molecule has 0 bridgehead atoms. The van der Waals surface area contributed by atoms with Gasteiger partial charge in [-0.3, -0.25) is 5.10 Å². The number of carboxylic acid groups (broad SMARTS) is 1. The molecule has 2 heterocycles. The number of H-pyrrole nitrogens is 1. The highest BCUT2D eigenvalue weighted by Crippen LogP contribution is 2.32. The van der Waals surface area contributed by atoms with Crippen LogP contribution in [-0.4, -0.2) is 36.3 Å². The maximum Gasteiger partial charge on any atom is 0.356 e. The highest BCUT2D eigenvalue weighted by molar-refractivity contribution is 5.87. The van der Waals surface area contributed by atoms with Crippen LogP contribution in [-0.2, 0) is 0 Å². The minimum absolute atomic E-state index is 0.00280. The summed E-state index contributed by atoms with van der Waals surface area (Å²) >= 11 is 0. The number of hydrogen-bond donors (Lipinski definition) is 2. The highest BCUT2D eigenvalue weighted by atomic mass is 16.4. The van der Waals surface area contributed by atoms with Gasteiger partial charge in [-0.2, -0.15) is 5.10 Å². The Morgan fingerprint density at radius 3 is 2.60 bits per heavy atom. The topological polar surface area (TPSA) is 96.7 Å². The van der Waals surface area contributed by atoms with Crippen molar-refractivity contribution >= 4 is 5.97 Å². The molecule has 0 amide bonds. The average Bonchev–Trinajstić information content (AvgIpc) is 3.34. The fourth-order valence-electron chi connectivity index (χ4n) is 2.73. The second kappa shape index (κ2) is 6.04. The van der Waals surface area contributed by atoms with E-state index in [4.69, 9.17) is 0 Å². The number of benzene rings is 2. The van der Waals surface area contributed by atoms with Crippen LogP contribution in [0.4, 0.5) is 0 Å². The zero-order valence-electron chi connectivity index (χ0n) is 13.0. The zero-order chi connectivity index (χ0) is 17.2. The number of nitrogens with one attached hydrogen (secondary N) is 1. The second-order valence-corrected chi connectivity index (χ2v) is 5.40. The third-order valence-electron chi connectivity index (χ3n) is 3.89. The fourth-order valence-corrected chi connectivity index (χ4v) is 2.73. The predicted molar refractivity (Wildman–Crippen MR) is 91.3 cm³/mol. The second-order valence-electron chi connectivity index (χ2n) is 5.40. The lowest BCUT2D eigenvalue weighted by Crippen LogP contribution is -2.08. The van der Waals surface area contributed by atoms with Crippen LogP contribution >= 0.6 is 0 Å². The summed E-state index contributed by atoms with van der Waals surface area (Å²) in [5.41, 5.74) is 4.40. The number of aromatic nitrogens is 5. The molecule has 0 saturated carbocycles. The molecule has 0 fully saturated rings. The monoisotopic (exact) mass is 331 g/mol. The zero-order valence-corrected chi connectivity index (χ0v) is 13.0. The third kappa shape index (κ3) is 2.67. The van der Waals surface area contributed by atoms with Crippen LogP contribution < -0.4 is 0 Å². The van der Waals surface area contributed by atoms with Crippen molar-refractivity contribution in [1.29, 1.82) is 0 Å². The van der Waals surface area contributed by atoms with E-state index in [1.54, 1.807) is 6.20 Å². The molecule has 7 nitrogen and oxygen atoms in total. The molecule has 0 aliphatic carbocycles. The molecule has 0 spiro atoms. The van der Waals surface area contributed by atoms with Gasteiger partial charge in [0, 0.05) is 11.8 Å². The summed E-state index contributed by atoms with van der Waals surface area (Å²) < 4.78 is 1.30. The first-order valence-corrected chi connectivity index (χ1v) is 7.57. The molecule has 2 aromatic carbocycles. The van der Waals surface area contributed by atoms with E-state index < -0.39 is 5.97 Å². The van der Waals surface area contributed by atoms with Gasteiger partial charge < -0.3 is 5.11 Å². The van der Waals surface area contributed by atoms with E-state index >= 15 is 0 Å². The van der Waals surface area contributed by atoms with Gasteiger partial charge in [-0.1, -0.05) is 41.6 Å². The molecule has 0 radical (unpaired) electrons. The maximum atomic E-state index is 11.3. The Hall–Kier alpha value is -3.74. The summed E-state index contributed by atoms with van der Waals surface area (Å²) in [5.74, 6) is -1.08. The van der Waals surface area contributed by atoms with Gasteiger partial charge in [0.05, 0.1) is 17.6 Å². The first-order valence-electron chi connectivity index (χ1n) is 7.57. The van der Waals surface area contributed by atoms with Gasteiger partial charge in [0.25, 0.3) is 0 Å². The Bertz CT molecular complexity index is 1020. The summed E-state index contributed by atoms with van der Waals surface area (Å²) in [6, 6.07) is 17.4. The van der Waals surface area contributed by atoms with Crippen molar-refractivity contribution < 1.29 is 9.90 Å². The lowest BCUT2D eigenvalue weighted by atomic mass is 9.97. The minimum atomic E-state index is -1.08. The van der Waals surface area contributed by atoms with Crippen molar-refractivity contribution in [3.63, 3.8) is 0 Å². The van der Waals surface area contributed by atoms with E-state index in [0.29, 0.717) is 5.69 Å². The molecule has 0 saturated heterocycles. The summed E-state index contributed by atoms with van der Waals surface area (Å²) in [4.78, 5) is 11.3. The maximum absolute atomic E-state index is 11.3. The predicted octanol–water partition coefficient (Wildman–Crippen LogP) is 3.02. The lowest BCUT2D eigenvalue weighted by Gasteiger charge is -2.11. The Balaban J connectivity index is 1.92. The number of aromatic carboxylic acids is 1. The number of carbonyl (C=O) groups is 1. The van der Waals surface area contributed by atoms with Crippen LogP contribution in [0, 0.1) is 0 Å². The van der Waals surface area contributed by atoms with Crippen LogP contribution in [0.2, 0.25) is 0 Å². The Kier molecular flexibility index (Phi) is 3.59. The van der Waals surface area contributed by atoms with Gasteiger partial charge in [-0.25, -0.2) is 9.48 Å². The van der Waals surface area contributed by atoms with Crippen molar-refractivity contribution in [2.75, 3.05) is 0 Å². The quantitative estimate of drug-likeness (QED) is 0.599. The number of nitrogens with zero attached hydrogens (tertiary/aromatic N) is 4. The summed E-state index contributed by atoms with van der Waals surface area (Å²) in [5, 5.41) is 23.9. The highest BCUT2D eigenvalue weighted by Gasteiger charge is 2.16. The Labute approximate surface area is 142 Å². The van der Waals surface area contributed by atoms with Crippen molar-refractivity contribution in [3.8, 4) is 28.1 Å². The van der Waals surface area contributed by atoms with Gasteiger partial charge in [0.15, 0.2) is 5.69 Å². The van der Waals surface area contributed by atoms with Crippen LogP contribution in [0.5, 0.6) is 0 Å². The minimum Gasteiger partial charge on any atom is -0.476 e. The van der Waals surface area contributed by atoms with Crippen molar-refractivity contribution in [1.82, 2.24) is 25.2 Å². The molecule has 7 heteroatoms. The number of rotatable bonds is 4. The van der Waals surface area contributed by atoms with Crippen LogP contribution in [0.15, 0.2) is 67.0 Å². The largest absolute Gasteiger partial charge is 0.476 e. The molecule has 0 aliphatic heterocycles. The smallest absolute Gasteiger partial charge is 0.356 e. The van der Waals surface area contributed by atoms with E-state index in [9.17, 15) is 9.90 Å². The molecule has 0 unspecified atom stereocenters. The van der Waals surface area contributed by atoms with Gasteiger partial charge in [-0.05, 0) is 29.3 Å². The third-order valence-corrected chi connectivity index (χ3v) is 3.89. The number of carboxylic acids is 1.